The van der Waals surface area contributed by atoms with E-state index in [4.69, 9.17) is 5.73 Å². The normalized spacial score (nSPS) is 48.6. The van der Waals surface area contributed by atoms with Gasteiger partial charge in [0.25, 0.3) is 0 Å². The molecular formula is C26H40N2. The Kier molecular flexibility index (Phi) is 5.57. The van der Waals surface area contributed by atoms with Crippen LogP contribution in [0, 0.1) is 35.5 Å². The van der Waals surface area contributed by atoms with Gasteiger partial charge < -0.3 is 11.1 Å². The second kappa shape index (κ2) is 8.13. The molecule has 3 N–H and O–H groups in total. The molecule has 2 heteroatoms. The lowest BCUT2D eigenvalue weighted by molar-refractivity contribution is 0.0323. The minimum absolute atomic E-state index is 0.412. The number of fused-ring (bicyclic) bond motifs is 3. The Morgan fingerprint density at radius 1 is 1.11 bits per heavy atom. The number of nitrogens with one attached hydrogen (secondary N) is 1. The van der Waals surface area contributed by atoms with E-state index in [0.29, 0.717) is 12.0 Å². The lowest BCUT2D eigenvalue weighted by atomic mass is 9.59. The third kappa shape index (κ3) is 3.69. The van der Waals surface area contributed by atoms with Crippen LogP contribution in [0.3, 0.4) is 0 Å². The summed E-state index contributed by atoms with van der Waals surface area (Å²) in [6, 6.07) is 1.96. The number of hydrogen-bond acceptors (Lipinski definition) is 2. The molecule has 5 rings (SSSR count). The van der Waals surface area contributed by atoms with E-state index < -0.39 is 0 Å². The van der Waals surface area contributed by atoms with E-state index in [1.165, 1.54) is 76.2 Å². The summed E-state index contributed by atoms with van der Waals surface area (Å²) in [5.74, 6) is 5.34. The first kappa shape index (κ1) is 19.2. The average Bonchev–Trinajstić information content (AvgIpc) is 3.32. The molecule has 9 atom stereocenters. The predicted molar refractivity (Wildman–Crippen MR) is 117 cm³/mol. The van der Waals surface area contributed by atoms with Crippen LogP contribution in [0.1, 0.15) is 77.6 Å². The first-order chi connectivity index (χ1) is 13.7. The van der Waals surface area contributed by atoms with Crippen molar-refractivity contribution in [2.75, 3.05) is 0 Å². The Morgan fingerprint density at radius 3 is 2.82 bits per heavy atom. The molecule has 1 heterocycles. The van der Waals surface area contributed by atoms with E-state index in [-0.39, 0.29) is 0 Å². The third-order valence-electron chi connectivity index (χ3n) is 9.01. The van der Waals surface area contributed by atoms with Crippen molar-refractivity contribution in [3.63, 3.8) is 0 Å². The minimum atomic E-state index is 0.412. The van der Waals surface area contributed by atoms with Gasteiger partial charge in [-0.3, -0.25) is 0 Å². The summed E-state index contributed by atoms with van der Waals surface area (Å²) in [7, 11) is 0. The SMILES string of the molecule is CC1CC1CCCC1NC2C1CC1C(C/C3=C\CCCCCC=C=C3)[C@@H](N)C12. The number of hydrogen-bond donors (Lipinski definition) is 2. The van der Waals surface area contributed by atoms with Crippen LogP contribution in [0.15, 0.2) is 29.5 Å². The van der Waals surface area contributed by atoms with E-state index in [1.807, 2.05) is 0 Å². The summed E-state index contributed by atoms with van der Waals surface area (Å²) >= 11 is 0. The fourth-order valence-corrected chi connectivity index (χ4v) is 7.05. The zero-order valence-electron chi connectivity index (χ0n) is 17.8. The standard InChI is InChI=1S/C26H40N2/c1-17-14-19(17)12-9-13-23-22-16-20-21(25(27)24(20)26(22)28-23)15-18-10-7-5-3-2-4-6-8-11-18/h5,10-11,17,19-26,28H,2-4,6,8-9,12-16,27H2,1H3/b18-11-/t7?,17?,19?,20?,21?,22?,23?,24?,25-,26?/m1/s1. The monoisotopic (exact) mass is 380 g/mol. The van der Waals surface area contributed by atoms with Crippen LogP contribution in [0.25, 0.3) is 0 Å². The van der Waals surface area contributed by atoms with Gasteiger partial charge in [0.1, 0.15) is 0 Å². The molecule has 1 aliphatic heterocycles. The minimum Gasteiger partial charge on any atom is -0.327 e. The van der Waals surface area contributed by atoms with E-state index in [2.05, 4.69) is 36.2 Å². The quantitative estimate of drug-likeness (QED) is 0.609. The molecule has 3 saturated carbocycles. The van der Waals surface area contributed by atoms with Crippen molar-refractivity contribution in [3.8, 4) is 0 Å². The summed E-state index contributed by atoms with van der Waals surface area (Å²) in [5.41, 5.74) is 11.7. The lowest BCUT2D eigenvalue weighted by Crippen LogP contribution is -2.67. The third-order valence-corrected chi connectivity index (χ3v) is 9.01. The van der Waals surface area contributed by atoms with E-state index in [0.717, 1.165) is 41.7 Å². The summed E-state index contributed by atoms with van der Waals surface area (Å²) < 4.78 is 0. The van der Waals surface area contributed by atoms with E-state index >= 15 is 0 Å². The molecule has 0 bridgehead atoms. The van der Waals surface area contributed by atoms with Crippen LogP contribution in [-0.4, -0.2) is 18.1 Å². The topological polar surface area (TPSA) is 38.0 Å². The van der Waals surface area contributed by atoms with Crippen molar-refractivity contribution in [3.05, 3.63) is 29.5 Å². The number of nitrogens with two attached hydrogens (primary N) is 1. The Labute approximate surface area is 172 Å². The lowest BCUT2D eigenvalue weighted by Gasteiger charge is -2.52. The van der Waals surface area contributed by atoms with Crippen LogP contribution in [0.5, 0.6) is 0 Å². The van der Waals surface area contributed by atoms with Gasteiger partial charge in [0.05, 0.1) is 0 Å². The van der Waals surface area contributed by atoms with Gasteiger partial charge in [-0.15, -0.1) is 5.73 Å². The highest BCUT2D eigenvalue weighted by atomic mass is 15.1. The molecular weight excluding hydrogens is 340 g/mol. The summed E-state index contributed by atoms with van der Waals surface area (Å²) in [6.45, 7) is 2.41. The highest BCUT2D eigenvalue weighted by molar-refractivity contribution is 5.25. The van der Waals surface area contributed by atoms with Gasteiger partial charge in [-0.05, 0) is 105 Å². The van der Waals surface area contributed by atoms with Crippen molar-refractivity contribution in [1.29, 1.82) is 0 Å². The summed E-state index contributed by atoms with van der Waals surface area (Å²) in [4.78, 5) is 0. The van der Waals surface area contributed by atoms with Gasteiger partial charge >= 0.3 is 0 Å². The van der Waals surface area contributed by atoms with Crippen molar-refractivity contribution >= 4 is 0 Å². The summed E-state index contributed by atoms with van der Waals surface area (Å²) in [5, 5.41) is 3.95. The van der Waals surface area contributed by atoms with Crippen LogP contribution in [-0.2, 0) is 0 Å². The van der Waals surface area contributed by atoms with Crippen LogP contribution < -0.4 is 11.1 Å². The molecule has 1 saturated heterocycles. The molecule has 0 amide bonds. The Morgan fingerprint density at radius 2 is 1.96 bits per heavy atom. The molecule has 5 aliphatic rings. The maximum absolute atomic E-state index is 6.74. The van der Waals surface area contributed by atoms with Gasteiger partial charge in [0.2, 0.25) is 0 Å². The molecule has 0 aromatic heterocycles. The zero-order valence-corrected chi connectivity index (χ0v) is 17.8. The number of rotatable bonds is 6. The first-order valence-corrected chi connectivity index (χ1v) is 12.3. The second-order valence-electron chi connectivity index (χ2n) is 10.7. The Hall–Kier alpha value is -0.820. The maximum atomic E-state index is 6.74. The molecule has 28 heavy (non-hydrogen) atoms. The Bertz CT molecular complexity index is 657. The van der Waals surface area contributed by atoms with Gasteiger partial charge in [-0.2, -0.15) is 0 Å². The zero-order chi connectivity index (χ0) is 19.1. The van der Waals surface area contributed by atoms with Crippen molar-refractivity contribution < 1.29 is 0 Å². The van der Waals surface area contributed by atoms with Crippen LogP contribution in [0.4, 0.5) is 0 Å². The molecule has 154 valence electrons. The highest BCUT2D eigenvalue weighted by Crippen LogP contribution is 2.58. The van der Waals surface area contributed by atoms with Crippen LogP contribution in [0.2, 0.25) is 0 Å². The maximum Gasteiger partial charge on any atom is 0.0159 e. The second-order valence-corrected chi connectivity index (χ2v) is 10.7. The van der Waals surface area contributed by atoms with Gasteiger partial charge in [-0.1, -0.05) is 32.3 Å². The van der Waals surface area contributed by atoms with Crippen LogP contribution >= 0.6 is 0 Å². The molecule has 0 aromatic rings. The number of allylic oxidation sites excluding steroid dienone is 3. The molecule has 0 aromatic carbocycles. The predicted octanol–water partition coefficient (Wildman–Crippen LogP) is 5.35. The molecule has 8 unspecified atom stereocenters. The molecule has 4 fully saturated rings. The smallest absolute Gasteiger partial charge is 0.0159 e. The van der Waals surface area contributed by atoms with E-state index in [1.54, 1.807) is 0 Å². The molecule has 0 radical (unpaired) electrons. The van der Waals surface area contributed by atoms with Crippen molar-refractivity contribution in [1.82, 2.24) is 5.32 Å². The molecule has 0 spiro atoms. The van der Waals surface area contributed by atoms with Crippen molar-refractivity contribution in [2.45, 2.75) is 95.7 Å². The largest absolute Gasteiger partial charge is 0.327 e. The van der Waals surface area contributed by atoms with E-state index in [9.17, 15) is 0 Å². The van der Waals surface area contributed by atoms with Gasteiger partial charge in [-0.25, -0.2) is 0 Å². The fourth-order valence-electron chi connectivity index (χ4n) is 7.05. The average molecular weight is 381 g/mol. The molecule has 4 aliphatic carbocycles. The summed E-state index contributed by atoms with van der Waals surface area (Å²) in [6.07, 6.45) is 21.8. The van der Waals surface area contributed by atoms with Crippen molar-refractivity contribution in [2.24, 2.45) is 41.2 Å². The van der Waals surface area contributed by atoms with Gasteiger partial charge in [0, 0.05) is 18.1 Å². The highest BCUT2D eigenvalue weighted by Gasteiger charge is 2.63. The van der Waals surface area contributed by atoms with Gasteiger partial charge in [0.15, 0.2) is 0 Å². The fraction of sp³-hybridized carbons (Fsp3) is 0.808. The first-order valence-electron chi connectivity index (χ1n) is 12.3. The Balaban J connectivity index is 1.14. The molecule has 2 nitrogen and oxygen atoms in total.